The summed E-state index contributed by atoms with van der Waals surface area (Å²) in [5, 5.41) is 4.51. The van der Waals surface area contributed by atoms with Crippen molar-refractivity contribution in [3.63, 3.8) is 0 Å². The minimum atomic E-state index is 0.522. The molecule has 0 spiro atoms. The summed E-state index contributed by atoms with van der Waals surface area (Å²) in [7, 11) is 0. The lowest BCUT2D eigenvalue weighted by atomic mass is 10.1. The summed E-state index contributed by atoms with van der Waals surface area (Å²) >= 11 is 0. The fourth-order valence-corrected chi connectivity index (χ4v) is 1.93. The van der Waals surface area contributed by atoms with Crippen LogP contribution in [0.15, 0.2) is 41.1 Å². The fraction of sp³-hybridized carbons (Fsp3) is 0.0714. The predicted octanol–water partition coefficient (Wildman–Crippen LogP) is 2.77. The first-order valence-electron chi connectivity index (χ1n) is 5.79. The first-order valence-corrected chi connectivity index (χ1v) is 5.79. The summed E-state index contributed by atoms with van der Waals surface area (Å²) in [6, 6.07) is 7.71. The smallest absolute Gasteiger partial charge is 0.212 e. The number of hydrogen-bond acceptors (Lipinski definition) is 4. The van der Waals surface area contributed by atoms with Gasteiger partial charge in [-0.25, -0.2) is 9.97 Å². The van der Waals surface area contributed by atoms with Gasteiger partial charge in [-0.15, -0.1) is 0 Å². The average Bonchev–Trinajstić information content (AvgIpc) is 2.85. The number of amides is 1. The Morgan fingerprint density at radius 1 is 1.16 bits per heavy atom. The standard InChI is InChI=1S/C14H11N3O2/c1-9-15-7-13(19-9)10-2-3-11-6-16-14(17-8-18)5-12(11)4-10/h2-8H,1H3,(H,16,17,18). The van der Waals surface area contributed by atoms with Crippen LogP contribution in [0.1, 0.15) is 5.89 Å². The van der Waals surface area contributed by atoms with Crippen molar-refractivity contribution in [1.29, 1.82) is 0 Å². The maximum absolute atomic E-state index is 10.4. The van der Waals surface area contributed by atoms with E-state index in [1.807, 2.05) is 24.3 Å². The van der Waals surface area contributed by atoms with Crippen molar-refractivity contribution in [2.45, 2.75) is 6.92 Å². The molecule has 19 heavy (non-hydrogen) atoms. The Morgan fingerprint density at radius 2 is 2.05 bits per heavy atom. The van der Waals surface area contributed by atoms with Crippen LogP contribution in [0.2, 0.25) is 0 Å². The van der Waals surface area contributed by atoms with E-state index in [1.165, 1.54) is 0 Å². The quantitative estimate of drug-likeness (QED) is 0.729. The van der Waals surface area contributed by atoms with E-state index in [1.54, 1.807) is 19.3 Å². The molecule has 5 nitrogen and oxygen atoms in total. The van der Waals surface area contributed by atoms with Crippen molar-refractivity contribution in [2.24, 2.45) is 0 Å². The Bertz CT molecular complexity index is 749. The van der Waals surface area contributed by atoms with Gasteiger partial charge in [0.15, 0.2) is 11.7 Å². The topological polar surface area (TPSA) is 68.0 Å². The molecule has 1 aromatic carbocycles. The van der Waals surface area contributed by atoms with Crippen molar-refractivity contribution in [3.05, 3.63) is 42.5 Å². The molecule has 0 bridgehead atoms. The maximum atomic E-state index is 10.4. The minimum Gasteiger partial charge on any atom is -0.441 e. The van der Waals surface area contributed by atoms with E-state index < -0.39 is 0 Å². The number of aromatic nitrogens is 2. The molecule has 1 amide bonds. The highest BCUT2D eigenvalue weighted by molar-refractivity contribution is 5.88. The van der Waals surface area contributed by atoms with Crippen LogP contribution in [-0.2, 0) is 4.79 Å². The number of aryl methyl sites for hydroxylation is 1. The molecule has 0 saturated heterocycles. The number of pyridine rings is 1. The third-order valence-electron chi connectivity index (χ3n) is 2.83. The number of carbonyl (C=O) groups is 1. The molecule has 0 unspecified atom stereocenters. The number of nitrogens with one attached hydrogen (secondary N) is 1. The number of rotatable bonds is 3. The molecule has 3 aromatic rings. The molecule has 0 fully saturated rings. The van der Waals surface area contributed by atoms with E-state index in [2.05, 4.69) is 15.3 Å². The van der Waals surface area contributed by atoms with Crippen molar-refractivity contribution in [1.82, 2.24) is 9.97 Å². The number of oxazole rings is 1. The largest absolute Gasteiger partial charge is 0.441 e. The number of fused-ring (bicyclic) bond motifs is 1. The third-order valence-corrected chi connectivity index (χ3v) is 2.83. The van der Waals surface area contributed by atoms with Gasteiger partial charge in [-0.3, -0.25) is 4.79 Å². The average molecular weight is 253 g/mol. The lowest BCUT2D eigenvalue weighted by Gasteiger charge is -2.03. The van der Waals surface area contributed by atoms with Gasteiger partial charge in [-0.05, 0) is 17.5 Å². The summed E-state index contributed by atoms with van der Waals surface area (Å²) < 4.78 is 5.50. The van der Waals surface area contributed by atoms with Crippen LogP contribution >= 0.6 is 0 Å². The van der Waals surface area contributed by atoms with Crippen molar-refractivity contribution < 1.29 is 9.21 Å². The molecule has 0 aliphatic heterocycles. The van der Waals surface area contributed by atoms with Crippen molar-refractivity contribution in [3.8, 4) is 11.3 Å². The third kappa shape index (κ3) is 2.18. The van der Waals surface area contributed by atoms with Gasteiger partial charge in [0.1, 0.15) is 5.82 Å². The zero-order chi connectivity index (χ0) is 13.2. The maximum Gasteiger partial charge on any atom is 0.212 e. The molecule has 0 saturated carbocycles. The van der Waals surface area contributed by atoms with Gasteiger partial charge in [0.25, 0.3) is 0 Å². The van der Waals surface area contributed by atoms with E-state index in [4.69, 9.17) is 4.42 Å². The Balaban J connectivity index is 2.10. The molecular weight excluding hydrogens is 242 g/mol. The number of hydrogen-bond donors (Lipinski definition) is 1. The molecule has 2 aromatic heterocycles. The highest BCUT2D eigenvalue weighted by Crippen LogP contribution is 2.25. The minimum absolute atomic E-state index is 0.522. The van der Waals surface area contributed by atoms with E-state index in [-0.39, 0.29) is 0 Å². The lowest BCUT2D eigenvalue weighted by molar-refractivity contribution is -0.105. The van der Waals surface area contributed by atoms with Crippen molar-refractivity contribution >= 4 is 23.0 Å². The number of benzene rings is 1. The summed E-state index contributed by atoms with van der Waals surface area (Å²) in [6.07, 6.45) is 4.02. The van der Waals surface area contributed by atoms with Crippen LogP contribution in [-0.4, -0.2) is 16.4 Å². The Labute approximate surface area is 109 Å². The van der Waals surface area contributed by atoms with Gasteiger partial charge >= 0.3 is 0 Å². The van der Waals surface area contributed by atoms with Crippen molar-refractivity contribution in [2.75, 3.05) is 5.32 Å². The van der Waals surface area contributed by atoms with Crippen LogP contribution in [0.5, 0.6) is 0 Å². The molecule has 0 atom stereocenters. The van der Waals surface area contributed by atoms with Crippen LogP contribution in [0.3, 0.4) is 0 Å². The monoisotopic (exact) mass is 253 g/mol. The molecule has 3 rings (SSSR count). The first-order chi connectivity index (χ1) is 9.26. The van der Waals surface area contributed by atoms with E-state index in [9.17, 15) is 4.79 Å². The second-order valence-corrected chi connectivity index (χ2v) is 4.14. The summed E-state index contributed by atoms with van der Waals surface area (Å²) in [6.45, 7) is 1.81. The van der Waals surface area contributed by atoms with Gasteiger partial charge in [-0.1, -0.05) is 12.1 Å². The molecular formula is C14H11N3O2. The molecule has 5 heteroatoms. The number of nitrogens with zero attached hydrogens (tertiary/aromatic N) is 2. The molecule has 94 valence electrons. The van der Waals surface area contributed by atoms with E-state index >= 15 is 0 Å². The molecule has 0 aliphatic rings. The first kappa shape index (κ1) is 11.4. The van der Waals surface area contributed by atoms with E-state index in [0.29, 0.717) is 18.1 Å². The Kier molecular flexibility index (Phi) is 2.72. The lowest BCUT2D eigenvalue weighted by Crippen LogP contribution is -1.95. The Hall–Kier alpha value is -2.69. The highest BCUT2D eigenvalue weighted by atomic mass is 16.4. The summed E-state index contributed by atoms with van der Waals surface area (Å²) in [5.41, 5.74) is 0.941. The van der Waals surface area contributed by atoms with Crippen LogP contribution < -0.4 is 5.32 Å². The second kappa shape index (κ2) is 4.53. The SMILES string of the molecule is Cc1ncc(-c2ccc3cnc(NC=O)cc3c2)o1. The second-order valence-electron chi connectivity index (χ2n) is 4.14. The molecule has 1 N–H and O–H groups in total. The normalized spacial score (nSPS) is 10.6. The van der Waals surface area contributed by atoms with E-state index in [0.717, 1.165) is 22.1 Å². The zero-order valence-electron chi connectivity index (χ0n) is 10.3. The predicted molar refractivity (Wildman–Crippen MR) is 71.7 cm³/mol. The van der Waals surface area contributed by atoms with Crippen LogP contribution in [0.25, 0.3) is 22.1 Å². The molecule has 0 aliphatic carbocycles. The molecule has 0 radical (unpaired) electrons. The van der Waals surface area contributed by atoms with Crippen LogP contribution in [0, 0.1) is 6.92 Å². The number of carbonyl (C=O) groups excluding carboxylic acids is 1. The Morgan fingerprint density at radius 3 is 2.79 bits per heavy atom. The van der Waals surface area contributed by atoms with Gasteiger partial charge in [0.05, 0.1) is 6.20 Å². The summed E-state index contributed by atoms with van der Waals surface area (Å²) in [4.78, 5) is 18.6. The summed E-state index contributed by atoms with van der Waals surface area (Å²) in [5.74, 6) is 1.88. The number of anilines is 1. The molecule has 2 heterocycles. The van der Waals surface area contributed by atoms with Gasteiger partial charge in [-0.2, -0.15) is 0 Å². The zero-order valence-corrected chi connectivity index (χ0v) is 10.3. The highest BCUT2D eigenvalue weighted by Gasteiger charge is 2.05. The van der Waals surface area contributed by atoms with Gasteiger partial charge < -0.3 is 9.73 Å². The van der Waals surface area contributed by atoms with Gasteiger partial charge in [0.2, 0.25) is 6.41 Å². The fourth-order valence-electron chi connectivity index (χ4n) is 1.93. The van der Waals surface area contributed by atoms with Crippen LogP contribution in [0.4, 0.5) is 5.82 Å². The van der Waals surface area contributed by atoms with Gasteiger partial charge in [0, 0.05) is 24.1 Å².